The molecule has 1 fully saturated rings. The number of amides is 1. The zero-order valence-corrected chi connectivity index (χ0v) is 15.6. The van der Waals surface area contributed by atoms with Crippen molar-refractivity contribution in [2.75, 3.05) is 18.5 Å². The lowest BCUT2D eigenvalue weighted by atomic mass is 9.99. The number of nitrogens with one attached hydrogen (secondary N) is 1. The average Bonchev–Trinajstić information content (AvgIpc) is 2.69. The predicted octanol–water partition coefficient (Wildman–Crippen LogP) is 4.63. The molecule has 1 amide bonds. The van der Waals surface area contributed by atoms with E-state index in [0.717, 1.165) is 42.9 Å². The molecule has 1 aromatic heterocycles. The Labute approximate surface area is 155 Å². The van der Waals surface area contributed by atoms with Crippen molar-refractivity contribution in [3.63, 3.8) is 0 Å². The molecule has 138 valence electrons. The van der Waals surface area contributed by atoms with Crippen molar-refractivity contribution < 1.29 is 9.53 Å². The molecular weight excluding hydrogens is 326 g/mol. The number of pyridine rings is 1. The fourth-order valence-corrected chi connectivity index (χ4v) is 3.45. The zero-order chi connectivity index (χ0) is 18.4. The van der Waals surface area contributed by atoms with Gasteiger partial charge in [-0.25, -0.2) is 0 Å². The van der Waals surface area contributed by atoms with Crippen molar-refractivity contribution >= 4 is 17.3 Å². The second-order valence-corrected chi connectivity index (χ2v) is 6.60. The summed E-state index contributed by atoms with van der Waals surface area (Å²) < 4.78 is 5.46. The van der Waals surface area contributed by atoms with Crippen molar-refractivity contribution in [1.29, 1.82) is 0 Å². The van der Waals surface area contributed by atoms with Crippen molar-refractivity contribution in [2.24, 2.45) is 0 Å². The van der Waals surface area contributed by atoms with Crippen LogP contribution in [0.3, 0.4) is 0 Å². The number of carbonyl (C=O) groups excluding carboxylic acids is 1. The Kier molecular flexibility index (Phi) is 6.10. The van der Waals surface area contributed by atoms with E-state index in [1.165, 1.54) is 6.42 Å². The first-order valence-electron chi connectivity index (χ1n) is 9.47. The fraction of sp³-hybridized carbons (Fsp3) is 0.429. The van der Waals surface area contributed by atoms with Crippen LogP contribution in [0, 0.1) is 0 Å². The SMILES string of the molecule is CCOc1ccc(Nc2cncc(C(=O)N3CCCCC3CC)c2)cc1. The van der Waals surface area contributed by atoms with Crippen LogP contribution in [0.5, 0.6) is 5.75 Å². The van der Waals surface area contributed by atoms with Crippen LogP contribution in [0.1, 0.15) is 49.9 Å². The third-order valence-electron chi connectivity index (χ3n) is 4.80. The van der Waals surface area contributed by atoms with Crippen molar-refractivity contribution in [3.05, 3.63) is 48.3 Å². The molecule has 1 N–H and O–H groups in total. The largest absolute Gasteiger partial charge is 0.494 e. The van der Waals surface area contributed by atoms with Gasteiger partial charge in [-0.15, -0.1) is 0 Å². The van der Waals surface area contributed by atoms with E-state index >= 15 is 0 Å². The fourth-order valence-electron chi connectivity index (χ4n) is 3.45. The Bertz CT molecular complexity index is 730. The molecule has 1 saturated heterocycles. The van der Waals surface area contributed by atoms with Crippen molar-refractivity contribution in [1.82, 2.24) is 9.88 Å². The molecule has 1 aromatic carbocycles. The second kappa shape index (κ2) is 8.70. The topological polar surface area (TPSA) is 54.5 Å². The Balaban J connectivity index is 1.72. The first-order chi connectivity index (χ1) is 12.7. The monoisotopic (exact) mass is 353 g/mol. The molecule has 0 bridgehead atoms. The second-order valence-electron chi connectivity index (χ2n) is 6.60. The summed E-state index contributed by atoms with van der Waals surface area (Å²) in [6.45, 7) is 5.61. The number of hydrogen-bond donors (Lipinski definition) is 1. The van der Waals surface area contributed by atoms with Gasteiger partial charge in [0.1, 0.15) is 5.75 Å². The van der Waals surface area contributed by atoms with Gasteiger partial charge in [0.25, 0.3) is 5.91 Å². The Morgan fingerprint density at radius 2 is 2.00 bits per heavy atom. The lowest BCUT2D eigenvalue weighted by Crippen LogP contribution is -2.43. The number of piperidine rings is 1. The van der Waals surface area contributed by atoms with Gasteiger partial charge in [-0.3, -0.25) is 9.78 Å². The summed E-state index contributed by atoms with van der Waals surface area (Å²) in [5.41, 5.74) is 2.38. The molecule has 1 unspecified atom stereocenters. The van der Waals surface area contributed by atoms with E-state index in [1.54, 1.807) is 12.4 Å². The number of nitrogens with zero attached hydrogens (tertiary/aromatic N) is 2. The molecule has 2 heterocycles. The molecule has 3 rings (SSSR count). The van der Waals surface area contributed by atoms with Crippen molar-refractivity contribution in [2.45, 2.75) is 45.6 Å². The van der Waals surface area contributed by atoms with Crippen LogP contribution in [-0.4, -0.2) is 35.0 Å². The van der Waals surface area contributed by atoms with E-state index in [9.17, 15) is 4.79 Å². The maximum absolute atomic E-state index is 12.9. The minimum Gasteiger partial charge on any atom is -0.494 e. The Morgan fingerprint density at radius 3 is 2.73 bits per heavy atom. The van der Waals surface area contributed by atoms with Gasteiger partial charge in [0.15, 0.2) is 0 Å². The summed E-state index contributed by atoms with van der Waals surface area (Å²) >= 11 is 0. The van der Waals surface area contributed by atoms with E-state index < -0.39 is 0 Å². The van der Waals surface area contributed by atoms with Crippen LogP contribution >= 0.6 is 0 Å². The van der Waals surface area contributed by atoms with E-state index in [4.69, 9.17) is 4.74 Å². The van der Waals surface area contributed by atoms with Gasteiger partial charge >= 0.3 is 0 Å². The molecule has 26 heavy (non-hydrogen) atoms. The van der Waals surface area contributed by atoms with E-state index in [1.807, 2.05) is 42.2 Å². The molecular formula is C21H27N3O2. The maximum Gasteiger partial charge on any atom is 0.255 e. The summed E-state index contributed by atoms with van der Waals surface area (Å²) in [5, 5.41) is 3.31. The summed E-state index contributed by atoms with van der Waals surface area (Å²) in [6.07, 6.45) is 7.79. The summed E-state index contributed by atoms with van der Waals surface area (Å²) in [6, 6.07) is 9.99. The summed E-state index contributed by atoms with van der Waals surface area (Å²) in [7, 11) is 0. The number of carbonyl (C=O) groups is 1. The molecule has 2 aromatic rings. The van der Waals surface area contributed by atoms with Crippen LogP contribution in [-0.2, 0) is 0 Å². The molecule has 1 aliphatic heterocycles. The normalized spacial score (nSPS) is 17.0. The highest BCUT2D eigenvalue weighted by molar-refractivity contribution is 5.95. The van der Waals surface area contributed by atoms with Crippen LogP contribution in [0.15, 0.2) is 42.7 Å². The van der Waals surface area contributed by atoms with Crippen LogP contribution < -0.4 is 10.1 Å². The van der Waals surface area contributed by atoms with Crippen LogP contribution in [0.2, 0.25) is 0 Å². The molecule has 1 aliphatic rings. The highest BCUT2D eigenvalue weighted by Gasteiger charge is 2.26. The summed E-state index contributed by atoms with van der Waals surface area (Å²) in [5.74, 6) is 0.926. The third-order valence-corrected chi connectivity index (χ3v) is 4.80. The highest BCUT2D eigenvalue weighted by Crippen LogP contribution is 2.24. The molecule has 1 atom stereocenters. The minimum atomic E-state index is 0.0828. The first kappa shape index (κ1) is 18.2. The van der Waals surface area contributed by atoms with Crippen molar-refractivity contribution in [3.8, 4) is 5.75 Å². The van der Waals surface area contributed by atoms with Gasteiger partial charge in [0, 0.05) is 24.5 Å². The number of likely N-dealkylation sites (tertiary alicyclic amines) is 1. The molecule has 0 saturated carbocycles. The highest BCUT2D eigenvalue weighted by atomic mass is 16.5. The first-order valence-corrected chi connectivity index (χ1v) is 9.47. The number of aromatic nitrogens is 1. The Morgan fingerprint density at radius 1 is 1.19 bits per heavy atom. The number of benzene rings is 1. The van der Waals surface area contributed by atoms with E-state index in [2.05, 4.69) is 17.2 Å². The predicted molar refractivity (Wildman–Crippen MR) is 104 cm³/mol. The molecule has 5 nitrogen and oxygen atoms in total. The standard InChI is InChI=1S/C21H27N3O2/c1-3-19-7-5-6-12-24(19)21(25)16-13-18(15-22-14-16)23-17-8-10-20(11-9-17)26-4-2/h8-11,13-15,19,23H,3-7,12H2,1-2H3. The van der Waals surface area contributed by atoms with Gasteiger partial charge in [0.2, 0.25) is 0 Å². The molecule has 5 heteroatoms. The van der Waals surface area contributed by atoms with Gasteiger partial charge in [-0.1, -0.05) is 6.92 Å². The van der Waals surface area contributed by atoms with Gasteiger partial charge in [-0.2, -0.15) is 0 Å². The number of rotatable bonds is 6. The maximum atomic E-state index is 12.9. The molecule has 0 spiro atoms. The quantitative estimate of drug-likeness (QED) is 0.823. The smallest absolute Gasteiger partial charge is 0.255 e. The zero-order valence-electron chi connectivity index (χ0n) is 15.6. The van der Waals surface area contributed by atoms with Gasteiger partial charge < -0.3 is 15.0 Å². The number of anilines is 2. The third kappa shape index (κ3) is 4.34. The minimum absolute atomic E-state index is 0.0828. The van der Waals surface area contributed by atoms with Crippen LogP contribution in [0.25, 0.3) is 0 Å². The average molecular weight is 353 g/mol. The molecule has 0 aliphatic carbocycles. The molecule has 0 radical (unpaired) electrons. The van der Waals surface area contributed by atoms with E-state index in [0.29, 0.717) is 18.2 Å². The number of ether oxygens (including phenoxy) is 1. The lowest BCUT2D eigenvalue weighted by molar-refractivity contribution is 0.0607. The van der Waals surface area contributed by atoms with Gasteiger partial charge in [0.05, 0.1) is 24.1 Å². The Hall–Kier alpha value is -2.56. The van der Waals surface area contributed by atoms with Crippen LogP contribution in [0.4, 0.5) is 11.4 Å². The van der Waals surface area contributed by atoms with Gasteiger partial charge in [-0.05, 0) is 62.9 Å². The number of hydrogen-bond acceptors (Lipinski definition) is 4. The lowest BCUT2D eigenvalue weighted by Gasteiger charge is -2.35. The summed E-state index contributed by atoms with van der Waals surface area (Å²) in [4.78, 5) is 19.2. The van der Waals surface area contributed by atoms with E-state index in [-0.39, 0.29) is 5.91 Å².